The normalized spacial score (nSPS) is 11.8. The lowest BCUT2D eigenvalue weighted by Gasteiger charge is -2.02. The van der Waals surface area contributed by atoms with Gasteiger partial charge in [0.2, 0.25) is 0 Å². The molecule has 2 nitrogen and oxygen atoms in total. The minimum Gasteiger partial charge on any atom is -0.396 e. The number of ketones is 1. The van der Waals surface area contributed by atoms with Gasteiger partial charge >= 0.3 is 0 Å². The molecule has 0 bridgehead atoms. The maximum absolute atomic E-state index is 10.8. The van der Waals surface area contributed by atoms with Crippen LogP contribution in [0.5, 0.6) is 0 Å². The maximum atomic E-state index is 10.8. The largest absolute Gasteiger partial charge is 0.396 e. The minimum absolute atomic E-state index is 0.259. The number of rotatable bonds is 12. The Balaban J connectivity index is 3.29. The molecular weight excluding hydrogens is 292 g/mol. The molecule has 0 aromatic carbocycles. The number of aliphatic hydroxyl groups excluding tert-OH is 1. The Kier molecular flexibility index (Phi) is 13.2. The van der Waals surface area contributed by atoms with Crippen LogP contribution in [0.15, 0.2) is 10.6 Å². The first kappa shape index (κ1) is 17.8. The van der Waals surface area contributed by atoms with E-state index in [0.717, 1.165) is 25.7 Å². The highest BCUT2D eigenvalue weighted by Crippen LogP contribution is 2.17. The predicted molar refractivity (Wildman–Crippen MR) is 80.9 cm³/mol. The molecule has 0 aliphatic carbocycles. The average molecular weight is 319 g/mol. The zero-order valence-electron chi connectivity index (χ0n) is 11.6. The van der Waals surface area contributed by atoms with Gasteiger partial charge in [0.15, 0.2) is 0 Å². The summed E-state index contributed by atoms with van der Waals surface area (Å²) in [5.74, 6) is 0.259. The molecule has 0 saturated carbocycles. The molecule has 0 atom stereocenters. The average Bonchev–Trinajstić information content (AvgIpc) is 2.32. The van der Waals surface area contributed by atoms with Gasteiger partial charge in [0.1, 0.15) is 5.78 Å². The Hall–Kier alpha value is -0.150. The number of aliphatic hydroxyl groups is 1. The SMILES string of the molecule is CC(=O)CC/C=C(\Br)CCCCCCCCCO. The number of Topliss-reactive ketones (excluding diaryl/α,β-unsaturated/α-hetero) is 1. The molecule has 0 spiro atoms. The molecule has 0 saturated heterocycles. The Morgan fingerprint density at radius 1 is 1.00 bits per heavy atom. The van der Waals surface area contributed by atoms with E-state index in [1.165, 1.54) is 36.6 Å². The molecule has 0 aliphatic rings. The molecule has 0 heterocycles. The monoisotopic (exact) mass is 318 g/mol. The molecule has 106 valence electrons. The number of halogens is 1. The fraction of sp³-hybridized carbons (Fsp3) is 0.800. The van der Waals surface area contributed by atoms with Gasteiger partial charge in [-0.05, 0) is 37.1 Å². The molecule has 0 rings (SSSR count). The van der Waals surface area contributed by atoms with Crippen molar-refractivity contribution in [2.75, 3.05) is 6.61 Å². The van der Waals surface area contributed by atoms with E-state index >= 15 is 0 Å². The summed E-state index contributed by atoms with van der Waals surface area (Å²) in [5, 5.41) is 8.64. The zero-order valence-corrected chi connectivity index (χ0v) is 13.2. The first-order valence-corrected chi connectivity index (χ1v) is 7.91. The Morgan fingerprint density at radius 3 is 2.11 bits per heavy atom. The van der Waals surface area contributed by atoms with Crippen molar-refractivity contribution in [2.24, 2.45) is 0 Å². The van der Waals surface area contributed by atoms with E-state index in [4.69, 9.17) is 5.11 Å². The van der Waals surface area contributed by atoms with Gasteiger partial charge in [-0.15, -0.1) is 0 Å². The molecular formula is C15H27BrO2. The second kappa shape index (κ2) is 13.3. The predicted octanol–water partition coefficient (Wildman–Crippen LogP) is 4.75. The van der Waals surface area contributed by atoms with Crippen LogP contribution < -0.4 is 0 Å². The molecule has 0 amide bonds. The molecule has 3 heteroatoms. The van der Waals surface area contributed by atoms with Crippen LogP contribution in [-0.4, -0.2) is 17.5 Å². The van der Waals surface area contributed by atoms with Crippen LogP contribution in [-0.2, 0) is 4.79 Å². The molecule has 0 fully saturated rings. The third-order valence-electron chi connectivity index (χ3n) is 2.94. The molecule has 18 heavy (non-hydrogen) atoms. The zero-order chi connectivity index (χ0) is 13.6. The summed E-state index contributed by atoms with van der Waals surface area (Å²) in [4.78, 5) is 10.8. The second-order valence-corrected chi connectivity index (χ2v) is 5.86. The van der Waals surface area contributed by atoms with Crippen LogP contribution >= 0.6 is 15.9 Å². The Morgan fingerprint density at radius 2 is 1.56 bits per heavy atom. The number of unbranched alkanes of at least 4 members (excludes halogenated alkanes) is 6. The summed E-state index contributed by atoms with van der Waals surface area (Å²) in [6.07, 6.45) is 13.1. The summed E-state index contributed by atoms with van der Waals surface area (Å²) >= 11 is 3.55. The lowest BCUT2D eigenvalue weighted by Crippen LogP contribution is -1.87. The van der Waals surface area contributed by atoms with Gasteiger partial charge in [0.05, 0.1) is 0 Å². The van der Waals surface area contributed by atoms with Gasteiger partial charge in [-0.25, -0.2) is 0 Å². The molecule has 1 N–H and O–H groups in total. The Bertz CT molecular complexity index is 237. The summed E-state index contributed by atoms with van der Waals surface area (Å²) in [5.41, 5.74) is 0. The number of allylic oxidation sites excluding steroid dienone is 2. The number of carbonyl (C=O) groups excluding carboxylic acids is 1. The van der Waals surface area contributed by atoms with Gasteiger partial charge in [-0.1, -0.05) is 54.1 Å². The molecule has 0 unspecified atom stereocenters. The highest BCUT2D eigenvalue weighted by atomic mass is 79.9. The summed E-state index contributed by atoms with van der Waals surface area (Å²) < 4.78 is 1.24. The van der Waals surface area contributed by atoms with Gasteiger partial charge in [-0.2, -0.15) is 0 Å². The van der Waals surface area contributed by atoms with Crippen molar-refractivity contribution in [3.05, 3.63) is 10.6 Å². The summed E-state index contributed by atoms with van der Waals surface area (Å²) in [7, 11) is 0. The quantitative estimate of drug-likeness (QED) is 0.527. The maximum Gasteiger partial charge on any atom is 0.130 e. The highest BCUT2D eigenvalue weighted by Gasteiger charge is 1.96. The van der Waals surface area contributed by atoms with Crippen molar-refractivity contribution in [1.82, 2.24) is 0 Å². The standard InChI is InChI=1S/C15H27BrO2/c1-14(18)10-9-12-15(16)11-7-5-3-2-4-6-8-13-17/h12,17H,2-11,13H2,1H3/b15-12-. The van der Waals surface area contributed by atoms with E-state index in [2.05, 4.69) is 22.0 Å². The van der Waals surface area contributed by atoms with Crippen molar-refractivity contribution in [1.29, 1.82) is 0 Å². The summed E-state index contributed by atoms with van der Waals surface area (Å²) in [6.45, 7) is 1.97. The van der Waals surface area contributed by atoms with Crippen LogP contribution in [0.25, 0.3) is 0 Å². The van der Waals surface area contributed by atoms with Crippen LogP contribution in [0, 0.1) is 0 Å². The highest BCUT2D eigenvalue weighted by molar-refractivity contribution is 9.11. The minimum atomic E-state index is 0.259. The second-order valence-electron chi connectivity index (χ2n) is 4.84. The molecule has 0 radical (unpaired) electrons. The van der Waals surface area contributed by atoms with Crippen LogP contribution in [0.3, 0.4) is 0 Å². The van der Waals surface area contributed by atoms with Gasteiger partial charge in [0, 0.05) is 13.0 Å². The first-order valence-electron chi connectivity index (χ1n) is 7.11. The van der Waals surface area contributed by atoms with Crippen LogP contribution in [0.2, 0.25) is 0 Å². The molecule has 0 aliphatic heterocycles. The molecule has 0 aromatic heterocycles. The van der Waals surface area contributed by atoms with Gasteiger partial charge in [0.25, 0.3) is 0 Å². The fourth-order valence-corrected chi connectivity index (χ4v) is 2.33. The van der Waals surface area contributed by atoms with E-state index in [1.54, 1.807) is 6.92 Å². The van der Waals surface area contributed by atoms with E-state index in [0.29, 0.717) is 13.0 Å². The fourth-order valence-electron chi connectivity index (χ4n) is 1.82. The van der Waals surface area contributed by atoms with Crippen molar-refractivity contribution in [3.63, 3.8) is 0 Å². The van der Waals surface area contributed by atoms with Crippen LogP contribution in [0.4, 0.5) is 0 Å². The van der Waals surface area contributed by atoms with E-state index in [9.17, 15) is 4.79 Å². The lowest BCUT2D eigenvalue weighted by molar-refractivity contribution is -0.116. The third kappa shape index (κ3) is 13.9. The third-order valence-corrected chi connectivity index (χ3v) is 3.66. The Labute approximate surface area is 120 Å². The first-order chi connectivity index (χ1) is 8.66. The van der Waals surface area contributed by atoms with E-state index in [1.807, 2.05) is 0 Å². The van der Waals surface area contributed by atoms with Crippen LogP contribution in [0.1, 0.15) is 71.1 Å². The number of hydrogen-bond acceptors (Lipinski definition) is 2. The number of carbonyl (C=O) groups is 1. The van der Waals surface area contributed by atoms with E-state index in [-0.39, 0.29) is 5.78 Å². The molecule has 0 aromatic rings. The number of hydrogen-bond donors (Lipinski definition) is 1. The van der Waals surface area contributed by atoms with Crippen molar-refractivity contribution in [2.45, 2.75) is 71.1 Å². The van der Waals surface area contributed by atoms with Gasteiger partial charge < -0.3 is 9.90 Å². The smallest absolute Gasteiger partial charge is 0.130 e. The topological polar surface area (TPSA) is 37.3 Å². The van der Waals surface area contributed by atoms with Gasteiger partial charge in [-0.3, -0.25) is 0 Å². The van der Waals surface area contributed by atoms with Crippen molar-refractivity contribution >= 4 is 21.7 Å². The summed E-state index contributed by atoms with van der Waals surface area (Å²) in [6, 6.07) is 0. The lowest BCUT2D eigenvalue weighted by atomic mass is 10.1. The van der Waals surface area contributed by atoms with E-state index < -0.39 is 0 Å². The van der Waals surface area contributed by atoms with Crippen molar-refractivity contribution in [3.8, 4) is 0 Å². The van der Waals surface area contributed by atoms with Crippen molar-refractivity contribution < 1.29 is 9.90 Å².